The number of halogens is 2. The Balaban J connectivity index is 0.00000462. The van der Waals surface area contributed by atoms with E-state index in [-0.39, 0.29) is 36.9 Å². The van der Waals surface area contributed by atoms with E-state index < -0.39 is 0 Å². The van der Waals surface area contributed by atoms with Crippen LogP contribution < -0.4 is 0 Å². The minimum Gasteiger partial charge on any atom is -0.465 e. The molecule has 1 aliphatic rings. The molecule has 0 atom stereocenters. The molecule has 1 aliphatic heterocycles. The highest BCUT2D eigenvalue weighted by Gasteiger charge is 2.41. The van der Waals surface area contributed by atoms with Crippen molar-refractivity contribution in [2.24, 2.45) is 0 Å². The second-order valence-electron chi connectivity index (χ2n) is 9.78. The van der Waals surface area contributed by atoms with Crippen LogP contribution in [-0.4, -0.2) is 50.9 Å². The summed E-state index contributed by atoms with van der Waals surface area (Å²) in [7, 11) is 1.36. The number of carbonyl (C=O) groups excluding carboxylic acids is 3. The summed E-state index contributed by atoms with van der Waals surface area (Å²) < 4.78 is 6.88. The molecule has 0 unspecified atom stereocenters. The molecule has 3 amide bonds. The van der Waals surface area contributed by atoms with Crippen molar-refractivity contribution < 1.29 is 19.1 Å². The zero-order valence-corrected chi connectivity index (χ0v) is 25.2. The maximum absolute atomic E-state index is 13.6. The van der Waals surface area contributed by atoms with Crippen LogP contribution in [0.15, 0.2) is 60.4 Å². The number of nitrogens with zero attached hydrogens (tertiary/aromatic N) is 4. The number of methoxy groups -OCH3 is 1. The van der Waals surface area contributed by atoms with E-state index in [0.29, 0.717) is 29.4 Å². The predicted octanol–water partition coefficient (Wildman–Crippen LogP) is 6.74. The number of unbranched alkanes of at least 4 members (excludes halogenated alkanes) is 2. The molecular formula is C31H36Cl2N4O4. The van der Waals surface area contributed by atoms with Gasteiger partial charge in [-0.1, -0.05) is 68.6 Å². The number of ether oxygens (including phenoxy) is 1. The number of imide groups is 1. The van der Waals surface area contributed by atoms with Crippen LogP contribution in [0.25, 0.3) is 6.08 Å². The van der Waals surface area contributed by atoms with Gasteiger partial charge in [0.15, 0.2) is 0 Å². The van der Waals surface area contributed by atoms with Gasteiger partial charge in [-0.15, -0.1) is 12.4 Å². The van der Waals surface area contributed by atoms with Crippen LogP contribution in [0.3, 0.4) is 0 Å². The van der Waals surface area contributed by atoms with Crippen LogP contribution >= 0.6 is 24.0 Å². The fourth-order valence-electron chi connectivity index (χ4n) is 4.64. The zero-order valence-electron chi connectivity index (χ0n) is 23.6. The standard InChI is InChI=1S/C31H35ClN4O4.ClH/c1-4-6-12-28-33-19-25(35(28)20-22-13-15-23(16-14-22)30(38)40-3)18-27-29(37)34(17-7-5-2)31(39)36(27)21-24-10-8-9-11-26(24)32;/h8-11,13-16,18-19H,4-7,12,17,20-21H2,1-3H3;1H/b27-18-;. The second kappa shape index (κ2) is 14.8. The summed E-state index contributed by atoms with van der Waals surface area (Å²) in [6, 6.07) is 14.2. The molecule has 0 spiro atoms. The Kier molecular flexibility index (Phi) is 11.6. The number of aromatic nitrogens is 2. The third-order valence-corrected chi connectivity index (χ3v) is 7.33. The van der Waals surface area contributed by atoms with Crippen LogP contribution in [0.1, 0.15) is 72.5 Å². The SMILES string of the molecule is CCCCc1ncc(/C=C2/C(=O)N(CCCC)C(=O)N2Cc2ccccc2Cl)n1Cc1ccc(C(=O)OC)cc1.Cl. The zero-order chi connectivity index (χ0) is 28.6. The molecule has 1 fully saturated rings. The van der Waals surface area contributed by atoms with Crippen LogP contribution in [0.5, 0.6) is 0 Å². The Labute approximate surface area is 252 Å². The highest BCUT2D eigenvalue weighted by atomic mass is 35.5. The largest absolute Gasteiger partial charge is 0.465 e. The monoisotopic (exact) mass is 598 g/mol. The van der Waals surface area contributed by atoms with Gasteiger partial charge < -0.3 is 9.30 Å². The number of carbonyl (C=O) groups is 3. The van der Waals surface area contributed by atoms with Gasteiger partial charge >= 0.3 is 12.0 Å². The molecule has 2 aromatic carbocycles. The van der Waals surface area contributed by atoms with Crippen molar-refractivity contribution >= 4 is 48.0 Å². The van der Waals surface area contributed by atoms with E-state index in [1.54, 1.807) is 30.5 Å². The second-order valence-corrected chi connectivity index (χ2v) is 10.2. The molecule has 1 aromatic heterocycles. The van der Waals surface area contributed by atoms with E-state index in [9.17, 15) is 14.4 Å². The molecule has 0 bridgehead atoms. The maximum Gasteiger partial charge on any atom is 0.337 e. The molecule has 4 rings (SSSR count). The molecule has 0 aliphatic carbocycles. The summed E-state index contributed by atoms with van der Waals surface area (Å²) in [5, 5.41) is 0.538. The first kappa shape index (κ1) is 31.9. The van der Waals surface area contributed by atoms with Gasteiger partial charge in [0.1, 0.15) is 11.5 Å². The van der Waals surface area contributed by atoms with E-state index in [2.05, 4.69) is 16.5 Å². The molecule has 0 saturated carbocycles. The number of aryl methyl sites for hydroxylation is 1. The van der Waals surface area contributed by atoms with Gasteiger partial charge in [0.25, 0.3) is 5.91 Å². The van der Waals surface area contributed by atoms with E-state index in [1.807, 2.05) is 37.3 Å². The first-order chi connectivity index (χ1) is 19.4. The summed E-state index contributed by atoms with van der Waals surface area (Å²) in [6.07, 6.45) is 7.86. The van der Waals surface area contributed by atoms with Crippen LogP contribution in [0, 0.1) is 0 Å². The number of esters is 1. The number of hydrogen-bond acceptors (Lipinski definition) is 5. The van der Waals surface area contributed by atoms with Gasteiger partial charge in [-0.2, -0.15) is 0 Å². The van der Waals surface area contributed by atoms with Crippen molar-refractivity contribution in [3.8, 4) is 0 Å². The lowest BCUT2D eigenvalue weighted by Crippen LogP contribution is -2.33. The van der Waals surface area contributed by atoms with Crippen LogP contribution in [-0.2, 0) is 29.0 Å². The third kappa shape index (κ3) is 7.37. The minimum atomic E-state index is -0.390. The van der Waals surface area contributed by atoms with Gasteiger partial charge in [-0.25, -0.2) is 14.6 Å². The fourth-order valence-corrected chi connectivity index (χ4v) is 4.84. The van der Waals surface area contributed by atoms with Crippen LogP contribution in [0.4, 0.5) is 4.79 Å². The molecule has 8 nitrogen and oxygen atoms in total. The summed E-state index contributed by atoms with van der Waals surface area (Å²) in [5.74, 6) is 0.178. The number of rotatable bonds is 12. The lowest BCUT2D eigenvalue weighted by Gasteiger charge is -2.18. The van der Waals surface area contributed by atoms with Gasteiger partial charge in [0, 0.05) is 24.5 Å². The molecule has 218 valence electrons. The summed E-state index contributed by atoms with van der Waals surface area (Å²) >= 11 is 6.42. The van der Waals surface area contributed by atoms with E-state index in [4.69, 9.17) is 16.3 Å². The lowest BCUT2D eigenvalue weighted by atomic mass is 10.1. The molecule has 3 aromatic rings. The number of hydrogen-bond donors (Lipinski definition) is 0. The quantitative estimate of drug-likeness (QED) is 0.131. The summed E-state index contributed by atoms with van der Waals surface area (Å²) in [6.45, 7) is 5.19. The molecule has 41 heavy (non-hydrogen) atoms. The lowest BCUT2D eigenvalue weighted by molar-refractivity contribution is -0.123. The molecule has 0 radical (unpaired) electrons. The smallest absolute Gasteiger partial charge is 0.337 e. The Morgan fingerprint density at radius 3 is 2.34 bits per heavy atom. The minimum absolute atomic E-state index is 0. The van der Waals surface area contributed by atoms with Gasteiger partial charge in [-0.05, 0) is 48.2 Å². The van der Waals surface area contributed by atoms with Crippen molar-refractivity contribution in [1.82, 2.24) is 19.4 Å². The van der Waals surface area contributed by atoms with Crippen molar-refractivity contribution in [3.05, 3.63) is 93.7 Å². The molecule has 0 N–H and O–H groups in total. The van der Waals surface area contributed by atoms with E-state index >= 15 is 0 Å². The number of amides is 3. The van der Waals surface area contributed by atoms with Crippen molar-refractivity contribution in [2.45, 2.75) is 59.0 Å². The van der Waals surface area contributed by atoms with Gasteiger partial charge in [-0.3, -0.25) is 14.6 Å². The maximum atomic E-state index is 13.6. The molecular weight excluding hydrogens is 563 g/mol. The topological polar surface area (TPSA) is 84.7 Å². The number of urea groups is 1. The average Bonchev–Trinajstić information content (AvgIpc) is 3.44. The van der Waals surface area contributed by atoms with Gasteiger partial charge in [0.2, 0.25) is 0 Å². The van der Waals surface area contributed by atoms with Gasteiger partial charge in [0.05, 0.1) is 31.1 Å². The Bertz CT molecular complexity index is 1400. The van der Waals surface area contributed by atoms with Crippen molar-refractivity contribution in [2.75, 3.05) is 13.7 Å². The molecule has 2 heterocycles. The fraction of sp³-hybridized carbons (Fsp3) is 0.355. The van der Waals surface area contributed by atoms with E-state index in [1.165, 1.54) is 16.9 Å². The van der Waals surface area contributed by atoms with E-state index in [0.717, 1.165) is 54.7 Å². The predicted molar refractivity (Wildman–Crippen MR) is 162 cm³/mol. The first-order valence-electron chi connectivity index (χ1n) is 13.7. The number of imidazole rings is 1. The Hall–Kier alpha value is -3.62. The molecule has 10 heteroatoms. The third-order valence-electron chi connectivity index (χ3n) is 6.96. The summed E-state index contributed by atoms with van der Waals surface area (Å²) in [4.78, 5) is 46.4. The first-order valence-corrected chi connectivity index (χ1v) is 14.1. The average molecular weight is 600 g/mol. The molecule has 1 saturated heterocycles. The summed E-state index contributed by atoms with van der Waals surface area (Å²) in [5.41, 5.74) is 3.22. The van der Waals surface area contributed by atoms with Crippen molar-refractivity contribution in [3.63, 3.8) is 0 Å². The Morgan fingerprint density at radius 2 is 1.68 bits per heavy atom. The highest BCUT2D eigenvalue weighted by Crippen LogP contribution is 2.29. The van der Waals surface area contributed by atoms with Crippen LogP contribution in [0.2, 0.25) is 5.02 Å². The van der Waals surface area contributed by atoms with Crippen molar-refractivity contribution in [1.29, 1.82) is 0 Å². The number of benzene rings is 2. The normalized spacial score (nSPS) is 14.1. The Morgan fingerprint density at radius 1 is 0.976 bits per heavy atom. The highest BCUT2D eigenvalue weighted by molar-refractivity contribution is 6.31.